The zero-order valence-electron chi connectivity index (χ0n) is 19.2. The highest BCUT2D eigenvalue weighted by molar-refractivity contribution is 6.02. The maximum Gasteiger partial charge on any atom is 0.255 e. The molecule has 0 spiro atoms. The van der Waals surface area contributed by atoms with Gasteiger partial charge in [0.25, 0.3) is 5.91 Å². The number of rotatable bonds is 5. The average molecular weight is 448 g/mol. The lowest BCUT2D eigenvalue weighted by Gasteiger charge is -2.22. The van der Waals surface area contributed by atoms with Gasteiger partial charge >= 0.3 is 0 Å². The van der Waals surface area contributed by atoms with Gasteiger partial charge in [0.1, 0.15) is 5.65 Å². The van der Waals surface area contributed by atoms with Gasteiger partial charge in [-0.3, -0.25) is 4.79 Å². The number of fused-ring (bicyclic) bond motifs is 2. The topological polar surface area (TPSA) is 109 Å². The number of aromatic nitrogens is 5. The third-order valence-electron chi connectivity index (χ3n) is 5.84. The number of pyridine rings is 1. The van der Waals surface area contributed by atoms with E-state index in [0.717, 1.165) is 47.1 Å². The van der Waals surface area contributed by atoms with Crippen LogP contribution in [0, 0.1) is 5.41 Å². The minimum Gasteiger partial charge on any atom is -0.381 e. The molecular formula is C24H29N7O2. The third kappa shape index (κ3) is 4.54. The molecule has 0 atom stereocenters. The predicted molar refractivity (Wildman–Crippen MR) is 127 cm³/mol. The monoisotopic (exact) mass is 447 g/mol. The van der Waals surface area contributed by atoms with Gasteiger partial charge in [0, 0.05) is 55.3 Å². The van der Waals surface area contributed by atoms with Crippen molar-refractivity contribution in [3.63, 3.8) is 0 Å². The molecule has 1 fully saturated rings. The molecule has 4 aromatic heterocycles. The first kappa shape index (κ1) is 21.4. The molecular weight excluding hydrogens is 418 g/mol. The number of aromatic amines is 1. The van der Waals surface area contributed by atoms with E-state index in [-0.39, 0.29) is 17.4 Å². The van der Waals surface area contributed by atoms with E-state index in [1.165, 1.54) is 0 Å². The molecule has 0 aliphatic carbocycles. The number of nitrogens with zero attached hydrogens (tertiary/aromatic N) is 4. The molecule has 0 unspecified atom stereocenters. The van der Waals surface area contributed by atoms with Crippen LogP contribution >= 0.6 is 0 Å². The highest BCUT2D eigenvalue weighted by atomic mass is 16.5. The Morgan fingerprint density at radius 3 is 2.88 bits per heavy atom. The molecule has 0 bridgehead atoms. The summed E-state index contributed by atoms with van der Waals surface area (Å²) in [6.45, 7) is 8.63. The maximum absolute atomic E-state index is 12.9. The van der Waals surface area contributed by atoms with Crippen molar-refractivity contribution in [2.45, 2.75) is 39.7 Å². The fraction of sp³-hybridized carbons (Fsp3) is 0.417. The van der Waals surface area contributed by atoms with Crippen LogP contribution in [-0.4, -0.2) is 56.3 Å². The zero-order chi connectivity index (χ0) is 23.0. The molecule has 5 rings (SSSR count). The van der Waals surface area contributed by atoms with Crippen LogP contribution < -0.4 is 10.6 Å². The van der Waals surface area contributed by atoms with E-state index < -0.39 is 0 Å². The van der Waals surface area contributed by atoms with Gasteiger partial charge in [-0.2, -0.15) is 10.1 Å². The lowest BCUT2D eigenvalue weighted by molar-refractivity contribution is 0.0697. The summed E-state index contributed by atoms with van der Waals surface area (Å²) >= 11 is 0. The Bertz CT molecular complexity index is 1300. The van der Waals surface area contributed by atoms with Gasteiger partial charge in [-0.05, 0) is 36.0 Å². The Morgan fingerprint density at radius 1 is 1.27 bits per heavy atom. The van der Waals surface area contributed by atoms with E-state index in [1.807, 2.05) is 30.7 Å². The molecule has 1 amide bonds. The molecule has 0 saturated carbocycles. The minimum atomic E-state index is -0.106. The van der Waals surface area contributed by atoms with E-state index >= 15 is 0 Å². The van der Waals surface area contributed by atoms with Crippen molar-refractivity contribution < 1.29 is 9.53 Å². The SMILES string of the molecule is CC(C)(C)CNc1ncc2c(-c3ccn4ncc(C(=O)NC5CCOCC5)c4c3)c[nH]c2n1. The molecule has 9 heteroatoms. The number of anilines is 1. The summed E-state index contributed by atoms with van der Waals surface area (Å²) in [6, 6.07) is 4.10. The van der Waals surface area contributed by atoms with Crippen molar-refractivity contribution in [2.24, 2.45) is 5.41 Å². The van der Waals surface area contributed by atoms with E-state index in [4.69, 9.17) is 4.74 Å². The van der Waals surface area contributed by atoms with Gasteiger partial charge in [0.05, 0.1) is 17.3 Å². The fourth-order valence-corrected chi connectivity index (χ4v) is 4.00. The highest BCUT2D eigenvalue weighted by Gasteiger charge is 2.20. The van der Waals surface area contributed by atoms with E-state index in [2.05, 4.69) is 51.5 Å². The number of carbonyl (C=O) groups excluding carboxylic acids is 1. The van der Waals surface area contributed by atoms with E-state index in [1.54, 1.807) is 10.7 Å². The van der Waals surface area contributed by atoms with E-state index in [9.17, 15) is 4.79 Å². The van der Waals surface area contributed by atoms with Gasteiger partial charge in [-0.1, -0.05) is 20.8 Å². The second-order valence-electron chi connectivity index (χ2n) is 9.74. The first-order valence-electron chi connectivity index (χ1n) is 11.3. The number of nitrogens with one attached hydrogen (secondary N) is 3. The Balaban J connectivity index is 1.42. The lowest BCUT2D eigenvalue weighted by Crippen LogP contribution is -2.38. The van der Waals surface area contributed by atoms with Gasteiger partial charge in [-0.15, -0.1) is 0 Å². The van der Waals surface area contributed by atoms with Crippen molar-refractivity contribution in [2.75, 3.05) is 25.1 Å². The minimum absolute atomic E-state index is 0.106. The Hall–Kier alpha value is -3.46. The highest BCUT2D eigenvalue weighted by Crippen LogP contribution is 2.29. The van der Waals surface area contributed by atoms with E-state index in [0.29, 0.717) is 24.7 Å². The first-order chi connectivity index (χ1) is 15.9. The van der Waals surface area contributed by atoms with Gasteiger partial charge < -0.3 is 20.4 Å². The molecule has 33 heavy (non-hydrogen) atoms. The normalized spacial score (nSPS) is 15.2. The number of amides is 1. The maximum atomic E-state index is 12.9. The summed E-state index contributed by atoms with van der Waals surface area (Å²) in [4.78, 5) is 25.3. The Morgan fingerprint density at radius 2 is 2.09 bits per heavy atom. The Labute approximate surface area is 192 Å². The standard InChI is InChI=1S/C24H29N7O2/c1-24(2,3)14-27-23-26-12-18-17(11-25-21(18)30-23)15-4-7-31-20(10-15)19(13-28-31)22(32)29-16-5-8-33-9-6-16/h4,7,10-13,16H,5-6,8-9,14H2,1-3H3,(H,29,32)(H2,25,26,27,30). The van der Waals surface area contributed by atoms with Crippen LogP contribution in [0.15, 0.2) is 36.9 Å². The zero-order valence-corrected chi connectivity index (χ0v) is 19.2. The number of carbonyl (C=O) groups is 1. The molecule has 172 valence electrons. The van der Waals surface area contributed by atoms with Crippen LogP contribution in [0.2, 0.25) is 0 Å². The van der Waals surface area contributed by atoms with Gasteiger partial charge in [-0.25, -0.2) is 9.50 Å². The van der Waals surface area contributed by atoms with Gasteiger partial charge in [0.2, 0.25) is 5.95 Å². The number of ether oxygens (including phenoxy) is 1. The second-order valence-corrected chi connectivity index (χ2v) is 9.74. The fourth-order valence-electron chi connectivity index (χ4n) is 4.00. The summed E-state index contributed by atoms with van der Waals surface area (Å²) in [5.41, 5.74) is 4.17. The summed E-state index contributed by atoms with van der Waals surface area (Å²) in [5.74, 6) is 0.495. The first-order valence-corrected chi connectivity index (χ1v) is 11.3. The molecule has 4 aromatic rings. The van der Waals surface area contributed by atoms with Crippen molar-refractivity contribution in [3.05, 3.63) is 42.5 Å². The predicted octanol–water partition coefficient (Wildman–Crippen LogP) is 3.64. The smallest absolute Gasteiger partial charge is 0.255 e. The van der Waals surface area contributed by atoms with Crippen LogP contribution in [0.5, 0.6) is 0 Å². The summed E-state index contributed by atoms with van der Waals surface area (Å²) < 4.78 is 7.11. The van der Waals surface area contributed by atoms with Crippen LogP contribution in [0.1, 0.15) is 44.0 Å². The van der Waals surface area contributed by atoms with Crippen molar-refractivity contribution >= 4 is 28.4 Å². The van der Waals surface area contributed by atoms with Gasteiger partial charge in [0.15, 0.2) is 0 Å². The summed E-state index contributed by atoms with van der Waals surface area (Å²) in [5, 5.41) is 11.7. The van der Waals surface area contributed by atoms with Crippen LogP contribution in [-0.2, 0) is 4.74 Å². The van der Waals surface area contributed by atoms with Crippen molar-refractivity contribution in [1.29, 1.82) is 0 Å². The van der Waals surface area contributed by atoms with Crippen molar-refractivity contribution in [1.82, 2.24) is 29.9 Å². The molecule has 1 aliphatic heterocycles. The third-order valence-corrected chi connectivity index (χ3v) is 5.84. The quantitative estimate of drug-likeness (QED) is 0.431. The summed E-state index contributed by atoms with van der Waals surface area (Å²) in [7, 11) is 0. The lowest BCUT2D eigenvalue weighted by atomic mass is 9.97. The van der Waals surface area contributed by atoms with Crippen molar-refractivity contribution in [3.8, 4) is 11.1 Å². The van der Waals surface area contributed by atoms with Crippen LogP contribution in [0.4, 0.5) is 5.95 Å². The molecule has 0 aromatic carbocycles. The molecule has 9 nitrogen and oxygen atoms in total. The van der Waals surface area contributed by atoms with Crippen LogP contribution in [0.3, 0.4) is 0 Å². The Kier molecular flexibility index (Phi) is 5.49. The average Bonchev–Trinajstić information content (AvgIpc) is 3.41. The van der Waals surface area contributed by atoms with Crippen LogP contribution in [0.25, 0.3) is 27.7 Å². The molecule has 0 radical (unpaired) electrons. The number of hydrogen-bond acceptors (Lipinski definition) is 6. The summed E-state index contributed by atoms with van der Waals surface area (Å²) in [6.07, 6.45) is 8.92. The molecule has 1 aliphatic rings. The molecule has 5 heterocycles. The number of hydrogen-bond donors (Lipinski definition) is 3. The number of H-pyrrole nitrogens is 1. The molecule has 1 saturated heterocycles. The largest absolute Gasteiger partial charge is 0.381 e. The second kappa shape index (κ2) is 8.47. The molecule has 3 N–H and O–H groups in total.